The van der Waals surface area contributed by atoms with Gasteiger partial charge in [0, 0.05) is 45.5 Å². The Hall–Kier alpha value is -1.92. The summed E-state index contributed by atoms with van der Waals surface area (Å²) < 4.78 is 10.0. The van der Waals surface area contributed by atoms with E-state index in [1.807, 2.05) is 0 Å². The first kappa shape index (κ1) is 17.1. The average Bonchev–Trinajstić information content (AvgIpc) is 2.46. The molecular weight excluding hydrogens is 272 g/mol. The highest BCUT2D eigenvalue weighted by Gasteiger charge is 2.15. The van der Waals surface area contributed by atoms with Gasteiger partial charge in [0.2, 0.25) is 5.91 Å². The Morgan fingerprint density at radius 2 is 1.76 bits per heavy atom. The summed E-state index contributed by atoms with van der Waals surface area (Å²) in [5.74, 6) is -0.286. The van der Waals surface area contributed by atoms with Gasteiger partial charge in [0.05, 0.1) is 13.2 Å². The fraction of sp³-hybridized carbons (Fsp3) is 0.467. The van der Waals surface area contributed by atoms with Gasteiger partial charge < -0.3 is 19.7 Å². The Balaban J connectivity index is 2.83. The molecule has 0 fully saturated rings. The lowest BCUT2D eigenvalue weighted by Gasteiger charge is -2.22. The van der Waals surface area contributed by atoms with E-state index >= 15 is 0 Å². The van der Waals surface area contributed by atoms with Crippen molar-refractivity contribution in [2.24, 2.45) is 0 Å². The molecule has 1 rings (SSSR count). The largest absolute Gasteiger partial charge is 0.383 e. The quantitative estimate of drug-likeness (QED) is 0.786. The summed E-state index contributed by atoms with van der Waals surface area (Å²) in [7, 11) is 3.19. The minimum Gasteiger partial charge on any atom is -0.383 e. The molecule has 0 aromatic heterocycles. The Kier molecular flexibility index (Phi) is 7.42. The molecule has 1 N–H and O–H groups in total. The van der Waals surface area contributed by atoms with E-state index < -0.39 is 0 Å². The molecule has 0 aliphatic carbocycles. The molecule has 0 aliphatic heterocycles. The maximum atomic E-state index is 12.5. The third-order valence-corrected chi connectivity index (χ3v) is 2.85. The summed E-state index contributed by atoms with van der Waals surface area (Å²) >= 11 is 0. The molecule has 0 saturated carbocycles. The van der Waals surface area contributed by atoms with Crippen LogP contribution in [0.4, 0.5) is 5.69 Å². The average molecular weight is 294 g/mol. The molecule has 0 saturated heterocycles. The molecule has 0 radical (unpaired) electrons. The number of rotatable bonds is 8. The first-order valence-electron chi connectivity index (χ1n) is 6.73. The van der Waals surface area contributed by atoms with E-state index in [4.69, 9.17) is 9.47 Å². The van der Waals surface area contributed by atoms with Crippen LogP contribution >= 0.6 is 0 Å². The van der Waals surface area contributed by atoms with Crippen molar-refractivity contribution in [3.8, 4) is 0 Å². The summed E-state index contributed by atoms with van der Waals surface area (Å²) in [4.78, 5) is 25.2. The lowest BCUT2D eigenvalue weighted by Crippen LogP contribution is -2.36. The maximum absolute atomic E-state index is 12.5. The number of anilines is 1. The molecular formula is C15H22N2O4. The summed E-state index contributed by atoms with van der Waals surface area (Å²) in [6, 6.07) is 6.87. The molecule has 116 valence electrons. The molecule has 2 amide bonds. The number of hydrogen-bond donors (Lipinski definition) is 1. The van der Waals surface area contributed by atoms with Crippen molar-refractivity contribution in [2.75, 3.05) is 45.8 Å². The monoisotopic (exact) mass is 294 g/mol. The zero-order valence-electron chi connectivity index (χ0n) is 12.7. The second-order valence-electron chi connectivity index (χ2n) is 4.54. The number of amides is 2. The lowest BCUT2D eigenvalue weighted by molar-refractivity contribution is -0.114. The predicted molar refractivity (Wildman–Crippen MR) is 80.4 cm³/mol. The van der Waals surface area contributed by atoms with Crippen molar-refractivity contribution in [3.05, 3.63) is 29.8 Å². The number of benzene rings is 1. The third kappa shape index (κ3) is 5.93. The van der Waals surface area contributed by atoms with Gasteiger partial charge in [-0.1, -0.05) is 6.07 Å². The van der Waals surface area contributed by atoms with E-state index in [0.29, 0.717) is 37.6 Å². The van der Waals surface area contributed by atoms with Gasteiger partial charge in [0.25, 0.3) is 5.91 Å². The van der Waals surface area contributed by atoms with Gasteiger partial charge in [-0.3, -0.25) is 9.59 Å². The Morgan fingerprint density at radius 1 is 1.14 bits per heavy atom. The minimum absolute atomic E-state index is 0.115. The van der Waals surface area contributed by atoms with Crippen LogP contribution in [-0.2, 0) is 14.3 Å². The number of nitrogens with zero attached hydrogens (tertiary/aromatic N) is 1. The van der Waals surface area contributed by atoms with Crippen LogP contribution in [-0.4, -0.2) is 57.2 Å². The maximum Gasteiger partial charge on any atom is 0.254 e. The van der Waals surface area contributed by atoms with Gasteiger partial charge in [0.15, 0.2) is 0 Å². The Bertz CT molecular complexity index is 468. The Labute approximate surface area is 125 Å². The standard InChI is InChI=1S/C15H22N2O4/c1-12(18)16-14-6-4-5-13(11-14)15(19)17(7-9-20-2)8-10-21-3/h4-6,11H,7-10H2,1-3H3,(H,16,18). The van der Waals surface area contributed by atoms with E-state index in [2.05, 4.69) is 5.32 Å². The van der Waals surface area contributed by atoms with E-state index in [0.717, 1.165) is 0 Å². The molecule has 0 atom stereocenters. The number of methoxy groups -OCH3 is 2. The smallest absolute Gasteiger partial charge is 0.254 e. The second-order valence-corrected chi connectivity index (χ2v) is 4.54. The van der Waals surface area contributed by atoms with Gasteiger partial charge in [0.1, 0.15) is 0 Å². The van der Waals surface area contributed by atoms with Crippen molar-refractivity contribution in [3.63, 3.8) is 0 Å². The van der Waals surface area contributed by atoms with Gasteiger partial charge in [-0.25, -0.2) is 0 Å². The number of ether oxygens (including phenoxy) is 2. The lowest BCUT2D eigenvalue weighted by atomic mass is 10.1. The number of carbonyl (C=O) groups is 2. The molecule has 0 unspecified atom stereocenters. The van der Waals surface area contributed by atoms with Crippen molar-refractivity contribution >= 4 is 17.5 Å². The van der Waals surface area contributed by atoms with Crippen LogP contribution in [0.3, 0.4) is 0 Å². The zero-order chi connectivity index (χ0) is 15.7. The van der Waals surface area contributed by atoms with Gasteiger partial charge >= 0.3 is 0 Å². The first-order valence-corrected chi connectivity index (χ1v) is 6.73. The topological polar surface area (TPSA) is 67.9 Å². The van der Waals surface area contributed by atoms with Crippen LogP contribution in [0.15, 0.2) is 24.3 Å². The van der Waals surface area contributed by atoms with Crippen LogP contribution in [0, 0.1) is 0 Å². The number of hydrogen-bond acceptors (Lipinski definition) is 4. The molecule has 1 aromatic rings. The summed E-state index contributed by atoms with van der Waals surface area (Å²) in [5.41, 5.74) is 1.13. The highest BCUT2D eigenvalue weighted by atomic mass is 16.5. The van der Waals surface area contributed by atoms with Crippen molar-refractivity contribution in [2.45, 2.75) is 6.92 Å². The first-order chi connectivity index (χ1) is 10.1. The highest BCUT2D eigenvalue weighted by molar-refractivity contribution is 5.96. The molecule has 0 spiro atoms. The van der Waals surface area contributed by atoms with E-state index in [1.165, 1.54) is 6.92 Å². The molecule has 0 bridgehead atoms. The van der Waals surface area contributed by atoms with Crippen molar-refractivity contribution in [1.82, 2.24) is 4.90 Å². The third-order valence-electron chi connectivity index (χ3n) is 2.85. The van der Waals surface area contributed by atoms with Gasteiger partial charge in [-0.2, -0.15) is 0 Å². The molecule has 6 heteroatoms. The SMILES string of the molecule is COCCN(CCOC)C(=O)c1cccc(NC(C)=O)c1. The van der Waals surface area contributed by atoms with Crippen LogP contribution in [0.1, 0.15) is 17.3 Å². The molecule has 0 aliphatic rings. The van der Waals surface area contributed by atoms with Gasteiger partial charge in [-0.15, -0.1) is 0 Å². The molecule has 6 nitrogen and oxygen atoms in total. The van der Waals surface area contributed by atoms with E-state index in [1.54, 1.807) is 43.4 Å². The Morgan fingerprint density at radius 3 is 2.29 bits per heavy atom. The zero-order valence-corrected chi connectivity index (χ0v) is 12.7. The summed E-state index contributed by atoms with van der Waals surface area (Å²) in [5, 5.41) is 2.67. The van der Waals surface area contributed by atoms with Crippen molar-refractivity contribution in [1.29, 1.82) is 0 Å². The molecule has 21 heavy (non-hydrogen) atoms. The molecule has 0 heterocycles. The summed E-state index contributed by atoms with van der Waals surface area (Å²) in [6.07, 6.45) is 0. The molecule has 1 aromatic carbocycles. The fourth-order valence-corrected chi connectivity index (χ4v) is 1.83. The van der Waals surface area contributed by atoms with Crippen LogP contribution in [0.25, 0.3) is 0 Å². The van der Waals surface area contributed by atoms with Crippen molar-refractivity contribution < 1.29 is 19.1 Å². The van der Waals surface area contributed by atoms with Crippen LogP contribution in [0.5, 0.6) is 0 Å². The number of nitrogens with one attached hydrogen (secondary N) is 1. The predicted octanol–water partition coefficient (Wildman–Crippen LogP) is 1.38. The number of carbonyl (C=O) groups excluding carboxylic acids is 2. The normalized spacial score (nSPS) is 10.2. The highest BCUT2D eigenvalue weighted by Crippen LogP contribution is 2.13. The van der Waals surface area contributed by atoms with Crippen LogP contribution in [0.2, 0.25) is 0 Å². The van der Waals surface area contributed by atoms with Crippen LogP contribution < -0.4 is 5.32 Å². The summed E-state index contributed by atoms with van der Waals surface area (Å²) in [6.45, 7) is 3.33. The fourth-order valence-electron chi connectivity index (χ4n) is 1.83. The van der Waals surface area contributed by atoms with Gasteiger partial charge in [-0.05, 0) is 18.2 Å². The second kappa shape index (κ2) is 9.10. The van der Waals surface area contributed by atoms with E-state index in [9.17, 15) is 9.59 Å². The minimum atomic E-state index is -0.171. The van der Waals surface area contributed by atoms with E-state index in [-0.39, 0.29) is 11.8 Å².